The van der Waals surface area contributed by atoms with Crippen molar-refractivity contribution in [1.29, 1.82) is 0 Å². The summed E-state index contributed by atoms with van der Waals surface area (Å²) in [5, 5.41) is 12.4. The van der Waals surface area contributed by atoms with Gasteiger partial charge in [0.15, 0.2) is 0 Å². The summed E-state index contributed by atoms with van der Waals surface area (Å²) in [6.45, 7) is 0.566. The van der Waals surface area contributed by atoms with E-state index in [0.29, 0.717) is 12.2 Å². The van der Waals surface area contributed by atoms with E-state index in [1.54, 1.807) is 29.5 Å². The van der Waals surface area contributed by atoms with Gasteiger partial charge >= 0.3 is 5.97 Å². The van der Waals surface area contributed by atoms with E-state index in [2.05, 4.69) is 21.2 Å². The van der Waals surface area contributed by atoms with Gasteiger partial charge in [-0.15, -0.1) is 11.3 Å². The van der Waals surface area contributed by atoms with Gasteiger partial charge in [-0.2, -0.15) is 0 Å². The molecule has 0 radical (unpaired) electrons. The summed E-state index contributed by atoms with van der Waals surface area (Å²) >= 11 is 10.9. The molecule has 0 atom stereocenters. The second-order valence-corrected chi connectivity index (χ2v) is 6.48. The number of hydrogen-bond donors (Lipinski definition) is 2. The highest BCUT2D eigenvalue weighted by molar-refractivity contribution is 9.11. The molecule has 0 aliphatic carbocycles. The average Bonchev–Trinajstić information content (AvgIpc) is 2.72. The van der Waals surface area contributed by atoms with Crippen molar-refractivity contribution in [2.75, 3.05) is 5.32 Å². The van der Waals surface area contributed by atoms with Gasteiger partial charge in [-0.3, -0.25) is 0 Å². The maximum atomic E-state index is 11.1. The summed E-state index contributed by atoms with van der Waals surface area (Å²) in [6.07, 6.45) is 0. The Bertz CT molecular complexity index is 585. The first-order chi connectivity index (χ1) is 8.58. The largest absolute Gasteiger partial charge is 0.478 e. The lowest BCUT2D eigenvalue weighted by atomic mass is 10.2. The third-order valence-corrected chi connectivity index (χ3v) is 4.25. The van der Waals surface area contributed by atoms with E-state index in [1.165, 1.54) is 0 Å². The fourth-order valence-electron chi connectivity index (χ4n) is 1.52. The van der Waals surface area contributed by atoms with Crippen LogP contribution in [-0.4, -0.2) is 11.1 Å². The van der Waals surface area contributed by atoms with E-state index >= 15 is 0 Å². The van der Waals surface area contributed by atoms with Crippen LogP contribution in [0.3, 0.4) is 0 Å². The quantitative estimate of drug-likeness (QED) is 0.858. The molecular weight excluding hydrogens is 338 g/mol. The van der Waals surface area contributed by atoms with Crippen molar-refractivity contribution < 1.29 is 9.90 Å². The molecule has 94 valence electrons. The van der Waals surface area contributed by atoms with Gasteiger partial charge < -0.3 is 10.4 Å². The number of nitrogens with one attached hydrogen (secondary N) is 1. The van der Waals surface area contributed by atoms with Gasteiger partial charge in [0.05, 0.1) is 14.5 Å². The number of halogens is 2. The van der Waals surface area contributed by atoms with E-state index in [9.17, 15) is 4.79 Å². The van der Waals surface area contributed by atoms with Crippen LogP contribution in [0.2, 0.25) is 5.02 Å². The van der Waals surface area contributed by atoms with Gasteiger partial charge in [0.2, 0.25) is 0 Å². The van der Waals surface area contributed by atoms with Crippen LogP contribution in [0.5, 0.6) is 0 Å². The van der Waals surface area contributed by atoms with Gasteiger partial charge in [0.25, 0.3) is 0 Å². The van der Waals surface area contributed by atoms with Crippen LogP contribution in [0.1, 0.15) is 15.2 Å². The zero-order chi connectivity index (χ0) is 13.1. The summed E-state index contributed by atoms with van der Waals surface area (Å²) in [5.41, 5.74) is 0.634. The Morgan fingerprint density at radius 2 is 2.17 bits per heavy atom. The highest BCUT2D eigenvalue weighted by atomic mass is 79.9. The van der Waals surface area contributed by atoms with E-state index in [-0.39, 0.29) is 10.6 Å². The standard InChI is InChI=1S/C12H9BrClNO2S/c13-10-5-4-7(18-10)6-15-9-3-1-2-8(14)11(9)12(16)17/h1-5,15H,6H2,(H,16,17). The predicted octanol–water partition coefficient (Wildman–Crippen LogP) is 4.47. The van der Waals surface area contributed by atoms with E-state index < -0.39 is 5.97 Å². The number of carbonyl (C=O) groups is 1. The van der Waals surface area contributed by atoms with Gasteiger partial charge in [0.1, 0.15) is 5.56 Å². The van der Waals surface area contributed by atoms with Gasteiger partial charge in [0, 0.05) is 11.4 Å². The number of rotatable bonds is 4. The average molecular weight is 347 g/mol. The van der Waals surface area contributed by atoms with Crippen LogP contribution in [-0.2, 0) is 6.54 Å². The summed E-state index contributed by atoms with van der Waals surface area (Å²) < 4.78 is 1.05. The molecule has 0 bridgehead atoms. The normalized spacial score (nSPS) is 10.3. The summed E-state index contributed by atoms with van der Waals surface area (Å²) in [4.78, 5) is 12.2. The molecule has 2 N–H and O–H groups in total. The Morgan fingerprint density at radius 1 is 1.39 bits per heavy atom. The second-order valence-electron chi connectivity index (χ2n) is 3.53. The molecule has 3 nitrogen and oxygen atoms in total. The molecule has 0 saturated carbocycles. The minimum Gasteiger partial charge on any atom is -0.478 e. The van der Waals surface area contributed by atoms with Crippen LogP contribution in [0, 0.1) is 0 Å². The molecule has 0 saturated heterocycles. The lowest BCUT2D eigenvalue weighted by Gasteiger charge is -2.09. The molecule has 1 aromatic carbocycles. The zero-order valence-corrected chi connectivity index (χ0v) is 12.3. The number of thiophene rings is 1. The topological polar surface area (TPSA) is 49.3 Å². The molecule has 0 amide bonds. The predicted molar refractivity (Wildman–Crippen MR) is 77.8 cm³/mol. The van der Waals surface area contributed by atoms with E-state index in [0.717, 1.165) is 8.66 Å². The summed E-state index contributed by atoms with van der Waals surface area (Å²) in [7, 11) is 0. The van der Waals surface area contributed by atoms with Crippen molar-refractivity contribution in [3.8, 4) is 0 Å². The molecule has 6 heteroatoms. The molecule has 0 unspecified atom stereocenters. The first-order valence-electron chi connectivity index (χ1n) is 5.08. The molecule has 0 aliphatic heterocycles. The van der Waals surface area contributed by atoms with Gasteiger partial charge in [-0.05, 0) is 40.2 Å². The molecule has 0 spiro atoms. The fourth-order valence-corrected chi connectivity index (χ4v) is 3.20. The summed E-state index contributed by atoms with van der Waals surface area (Å²) in [6, 6.07) is 8.93. The van der Waals surface area contributed by atoms with Crippen molar-refractivity contribution in [2.45, 2.75) is 6.54 Å². The number of hydrogen-bond acceptors (Lipinski definition) is 3. The smallest absolute Gasteiger partial charge is 0.339 e. The monoisotopic (exact) mass is 345 g/mol. The first-order valence-corrected chi connectivity index (χ1v) is 7.06. The van der Waals surface area contributed by atoms with Crippen LogP contribution >= 0.6 is 38.9 Å². The van der Waals surface area contributed by atoms with Crippen LogP contribution in [0.15, 0.2) is 34.1 Å². The number of anilines is 1. The fraction of sp³-hybridized carbons (Fsp3) is 0.0833. The number of benzene rings is 1. The first kappa shape index (κ1) is 13.4. The molecule has 2 aromatic rings. The molecule has 1 aromatic heterocycles. The molecule has 0 fully saturated rings. The van der Waals surface area contributed by atoms with Gasteiger partial charge in [-0.1, -0.05) is 17.7 Å². The van der Waals surface area contributed by atoms with Crippen molar-refractivity contribution in [3.05, 3.63) is 49.6 Å². The molecule has 2 rings (SSSR count). The van der Waals surface area contributed by atoms with Crippen molar-refractivity contribution in [1.82, 2.24) is 0 Å². The summed E-state index contributed by atoms with van der Waals surface area (Å²) in [5.74, 6) is -1.03. The SMILES string of the molecule is O=C(O)c1c(Cl)cccc1NCc1ccc(Br)s1. The van der Waals surface area contributed by atoms with Crippen molar-refractivity contribution >= 4 is 50.5 Å². The third kappa shape index (κ3) is 3.04. The molecule has 0 aliphatic rings. The second kappa shape index (κ2) is 5.73. The number of aromatic carboxylic acids is 1. The van der Waals surface area contributed by atoms with Crippen molar-refractivity contribution in [3.63, 3.8) is 0 Å². The zero-order valence-electron chi connectivity index (χ0n) is 9.11. The third-order valence-electron chi connectivity index (χ3n) is 2.31. The highest BCUT2D eigenvalue weighted by Crippen LogP contribution is 2.26. The Labute approximate surface area is 122 Å². The van der Waals surface area contributed by atoms with Crippen LogP contribution in [0.4, 0.5) is 5.69 Å². The van der Waals surface area contributed by atoms with E-state index in [1.807, 2.05) is 12.1 Å². The minimum absolute atomic E-state index is 0.106. The van der Waals surface area contributed by atoms with Gasteiger partial charge in [-0.25, -0.2) is 4.79 Å². The Balaban J connectivity index is 2.19. The lowest BCUT2D eigenvalue weighted by Crippen LogP contribution is -2.06. The molecule has 18 heavy (non-hydrogen) atoms. The minimum atomic E-state index is -1.03. The van der Waals surface area contributed by atoms with Crippen molar-refractivity contribution in [2.24, 2.45) is 0 Å². The Kier molecular flexibility index (Phi) is 4.27. The maximum absolute atomic E-state index is 11.1. The Hall–Kier alpha value is -1.04. The number of carboxylic acid groups (broad SMARTS) is 1. The maximum Gasteiger partial charge on any atom is 0.339 e. The highest BCUT2D eigenvalue weighted by Gasteiger charge is 2.14. The van der Waals surface area contributed by atoms with Crippen LogP contribution < -0.4 is 5.32 Å². The van der Waals surface area contributed by atoms with Crippen LogP contribution in [0.25, 0.3) is 0 Å². The lowest BCUT2D eigenvalue weighted by molar-refractivity contribution is 0.0698. The molecule has 1 heterocycles. The Morgan fingerprint density at radius 3 is 2.78 bits per heavy atom. The molecular formula is C12H9BrClNO2S. The number of carboxylic acids is 1. The van der Waals surface area contributed by atoms with E-state index in [4.69, 9.17) is 16.7 Å².